The number of nitrogen functional groups attached to an aromatic ring is 1. The van der Waals surface area contributed by atoms with Crippen molar-refractivity contribution >= 4 is 17.6 Å². The maximum Gasteiger partial charge on any atom is 0.274 e. The molecule has 0 spiro atoms. The first-order valence-corrected chi connectivity index (χ1v) is 5.32. The number of hydrogen-bond acceptors (Lipinski definition) is 5. The van der Waals surface area contributed by atoms with Gasteiger partial charge in [0.15, 0.2) is 5.69 Å². The molecular formula is C10H13N5O2. The van der Waals surface area contributed by atoms with Crippen molar-refractivity contribution in [1.29, 1.82) is 0 Å². The van der Waals surface area contributed by atoms with Crippen LogP contribution in [0, 0.1) is 0 Å². The summed E-state index contributed by atoms with van der Waals surface area (Å²) in [7, 11) is 0. The Balaban J connectivity index is 2.08. The second-order valence-electron chi connectivity index (χ2n) is 3.74. The van der Waals surface area contributed by atoms with Crippen molar-refractivity contribution in [3.05, 3.63) is 17.8 Å². The molecule has 1 aromatic heterocycles. The second kappa shape index (κ2) is 4.77. The number of anilines is 1. The lowest BCUT2D eigenvalue weighted by Gasteiger charge is -2.18. The summed E-state index contributed by atoms with van der Waals surface area (Å²) in [4.78, 5) is 24.7. The Morgan fingerprint density at radius 1 is 1.35 bits per heavy atom. The number of rotatable bonds is 1. The van der Waals surface area contributed by atoms with Gasteiger partial charge < -0.3 is 16.0 Å². The van der Waals surface area contributed by atoms with Crippen molar-refractivity contribution in [2.75, 3.05) is 25.4 Å². The molecule has 2 heterocycles. The van der Waals surface area contributed by atoms with E-state index in [1.807, 2.05) is 0 Å². The van der Waals surface area contributed by atoms with Crippen LogP contribution in [0.15, 0.2) is 12.1 Å². The fourth-order valence-corrected chi connectivity index (χ4v) is 1.59. The van der Waals surface area contributed by atoms with E-state index in [4.69, 9.17) is 5.73 Å². The Labute approximate surface area is 98.0 Å². The highest BCUT2D eigenvalue weighted by Gasteiger charge is 2.20. The van der Waals surface area contributed by atoms with E-state index >= 15 is 0 Å². The van der Waals surface area contributed by atoms with Gasteiger partial charge in [0.25, 0.3) is 5.91 Å². The number of carbonyl (C=O) groups excluding carboxylic acids is 2. The van der Waals surface area contributed by atoms with Gasteiger partial charge in [0.2, 0.25) is 5.91 Å². The van der Waals surface area contributed by atoms with E-state index < -0.39 is 0 Å². The Morgan fingerprint density at radius 2 is 2.18 bits per heavy atom. The van der Waals surface area contributed by atoms with Crippen molar-refractivity contribution in [3.63, 3.8) is 0 Å². The van der Waals surface area contributed by atoms with E-state index in [0.717, 1.165) is 0 Å². The molecule has 1 saturated heterocycles. The molecule has 3 N–H and O–H groups in total. The number of aromatic nitrogens is 2. The van der Waals surface area contributed by atoms with Crippen LogP contribution < -0.4 is 11.1 Å². The molecular weight excluding hydrogens is 222 g/mol. The summed E-state index contributed by atoms with van der Waals surface area (Å²) in [5, 5.41) is 10.1. The highest BCUT2D eigenvalue weighted by molar-refractivity contribution is 5.92. The van der Waals surface area contributed by atoms with Crippen LogP contribution >= 0.6 is 0 Å². The average Bonchev–Trinajstić information content (AvgIpc) is 2.54. The van der Waals surface area contributed by atoms with Crippen molar-refractivity contribution in [1.82, 2.24) is 20.4 Å². The lowest BCUT2D eigenvalue weighted by Crippen LogP contribution is -2.34. The van der Waals surface area contributed by atoms with Crippen molar-refractivity contribution in [2.45, 2.75) is 6.42 Å². The van der Waals surface area contributed by atoms with E-state index in [0.29, 0.717) is 26.1 Å². The highest BCUT2D eigenvalue weighted by atomic mass is 16.2. The van der Waals surface area contributed by atoms with Gasteiger partial charge in [0.1, 0.15) is 5.82 Å². The summed E-state index contributed by atoms with van der Waals surface area (Å²) < 4.78 is 0. The number of hydrogen-bond donors (Lipinski definition) is 2. The summed E-state index contributed by atoms with van der Waals surface area (Å²) in [6, 6.07) is 3.06. The van der Waals surface area contributed by atoms with E-state index in [2.05, 4.69) is 15.5 Å². The molecule has 7 nitrogen and oxygen atoms in total. The topological polar surface area (TPSA) is 101 Å². The molecule has 0 aliphatic carbocycles. The zero-order valence-electron chi connectivity index (χ0n) is 9.22. The molecule has 0 atom stereocenters. The van der Waals surface area contributed by atoms with Gasteiger partial charge in [0, 0.05) is 26.1 Å². The molecule has 90 valence electrons. The molecule has 0 unspecified atom stereocenters. The van der Waals surface area contributed by atoms with Crippen LogP contribution in [0.25, 0.3) is 0 Å². The monoisotopic (exact) mass is 235 g/mol. The molecule has 17 heavy (non-hydrogen) atoms. The molecule has 7 heteroatoms. The van der Waals surface area contributed by atoms with Gasteiger partial charge in [-0.1, -0.05) is 0 Å². The van der Waals surface area contributed by atoms with E-state index in [-0.39, 0.29) is 23.3 Å². The van der Waals surface area contributed by atoms with Crippen molar-refractivity contribution in [3.8, 4) is 0 Å². The molecule has 1 aliphatic heterocycles. The minimum Gasteiger partial charge on any atom is -0.382 e. The largest absolute Gasteiger partial charge is 0.382 e. The Hall–Kier alpha value is -2.18. The summed E-state index contributed by atoms with van der Waals surface area (Å²) in [6.07, 6.45) is 0.314. The second-order valence-corrected chi connectivity index (χ2v) is 3.74. The van der Waals surface area contributed by atoms with Gasteiger partial charge in [0.05, 0.1) is 0 Å². The maximum absolute atomic E-state index is 12.0. The first kappa shape index (κ1) is 11.3. The molecule has 0 saturated carbocycles. The minimum absolute atomic E-state index is 0.0382. The van der Waals surface area contributed by atoms with Gasteiger partial charge in [-0.2, -0.15) is 0 Å². The minimum atomic E-state index is -0.228. The van der Waals surface area contributed by atoms with Crippen LogP contribution in [0.2, 0.25) is 0 Å². The molecule has 0 aromatic carbocycles. The summed E-state index contributed by atoms with van der Waals surface area (Å²) in [5.74, 6) is 0.00644. The Morgan fingerprint density at radius 3 is 2.88 bits per heavy atom. The van der Waals surface area contributed by atoms with Gasteiger partial charge in [-0.25, -0.2) is 0 Å². The Kier molecular flexibility index (Phi) is 3.17. The fourth-order valence-electron chi connectivity index (χ4n) is 1.59. The van der Waals surface area contributed by atoms with Crippen LogP contribution in [-0.2, 0) is 4.79 Å². The zero-order valence-corrected chi connectivity index (χ0v) is 9.22. The van der Waals surface area contributed by atoms with Gasteiger partial charge >= 0.3 is 0 Å². The van der Waals surface area contributed by atoms with Crippen LogP contribution in [0.5, 0.6) is 0 Å². The normalized spacial score (nSPS) is 16.2. The van der Waals surface area contributed by atoms with Crippen LogP contribution in [0.4, 0.5) is 5.82 Å². The Bertz CT molecular complexity index is 431. The molecule has 1 fully saturated rings. The predicted octanol–water partition coefficient (Wildman–Crippen LogP) is -0.979. The first-order valence-electron chi connectivity index (χ1n) is 5.32. The van der Waals surface area contributed by atoms with Crippen LogP contribution in [0.1, 0.15) is 16.9 Å². The van der Waals surface area contributed by atoms with Crippen LogP contribution in [-0.4, -0.2) is 46.5 Å². The first-order chi connectivity index (χ1) is 8.16. The third kappa shape index (κ3) is 2.68. The average molecular weight is 235 g/mol. The third-order valence-electron chi connectivity index (χ3n) is 2.50. The van der Waals surface area contributed by atoms with Crippen molar-refractivity contribution in [2.24, 2.45) is 0 Å². The summed E-state index contributed by atoms with van der Waals surface area (Å²) in [6.45, 7) is 1.35. The molecule has 1 aliphatic rings. The van der Waals surface area contributed by atoms with Crippen molar-refractivity contribution < 1.29 is 9.59 Å². The quantitative estimate of drug-likeness (QED) is 0.651. The number of carbonyl (C=O) groups is 2. The lowest BCUT2D eigenvalue weighted by molar-refractivity contribution is -0.120. The lowest BCUT2D eigenvalue weighted by atomic mass is 10.3. The molecule has 0 radical (unpaired) electrons. The number of nitrogens with two attached hydrogens (primary N) is 1. The SMILES string of the molecule is Nc1ccc(C(=O)N2CCNC(=O)CC2)nn1. The predicted molar refractivity (Wildman–Crippen MR) is 60.0 cm³/mol. The standard InChI is InChI=1S/C10H13N5O2/c11-8-2-1-7(13-14-8)10(17)15-5-3-9(16)12-4-6-15/h1-2H,3-6H2,(H2,11,14)(H,12,16). The summed E-state index contributed by atoms with van der Waals surface area (Å²) in [5.41, 5.74) is 5.64. The van der Waals surface area contributed by atoms with E-state index in [1.165, 1.54) is 12.1 Å². The van der Waals surface area contributed by atoms with Gasteiger partial charge in [-0.05, 0) is 12.1 Å². The number of amides is 2. The number of nitrogens with one attached hydrogen (secondary N) is 1. The van der Waals surface area contributed by atoms with Gasteiger partial charge in [-0.15, -0.1) is 10.2 Å². The molecule has 0 bridgehead atoms. The fraction of sp³-hybridized carbons (Fsp3) is 0.400. The maximum atomic E-state index is 12.0. The zero-order chi connectivity index (χ0) is 12.3. The highest BCUT2D eigenvalue weighted by Crippen LogP contribution is 2.05. The van der Waals surface area contributed by atoms with Gasteiger partial charge in [-0.3, -0.25) is 9.59 Å². The number of nitrogens with zero attached hydrogens (tertiary/aromatic N) is 3. The smallest absolute Gasteiger partial charge is 0.274 e. The third-order valence-corrected chi connectivity index (χ3v) is 2.50. The molecule has 1 aromatic rings. The molecule has 2 rings (SSSR count). The van der Waals surface area contributed by atoms with Crippen LogP contribution in [0.3, 0.4) is 0 Å². The van der Waals surface area contributed by atoms with E-state index in [9.17, 15) is 9.59 Å². The molecule has 2 amide bonds. The summed E-state index contributed by atoms with van der Waals surface area (Å²) >= 11 is 0. The van der Waals surface area contributed by atoms with E-state index in [1.54, 1.807) is 4.90 Å².